The molecule has 0 saturated heterocycles. The zero-order valence-corrected chi connectivity index (χ0v) is 8.81. The minimum atomic E-state index is 0.483. The molecule has 2 heterocycles. The molecule has 2 N–H and O–H groups in total. The number of aromatic nitrogens is 2. The topological polar surface area (TPSA) is 57.0 Å². The first-order chi connectivity index (χ1) is 7.29. The van der Waals surface area contributed by atoms with E-state index in [1.54, 1.807) is 6.26 Å². The van der Waals surface area contributed by atoms with Crippen LogP contribution in [0.2, 0.25) is 0 Å². The Kier molecular flexibility index (Phi) is 2.87. The maximum absolute atomic E-state index is 5.55. The van der Waals surface area contributed by atoms with E-state index in [2.05, 4.69) is 4.98 Å². The van der Waals surface area contributed by atoms with E-state index < -0.39 is 0 Å². The van der Waals surface area contributed by atoms with Crippen LogP contribution in [0, 0.1) is 0 Å². The number of nitrogens with two attached hydrogens (primary N) is 1. The summed E-state index contributed by atoms with van der Waals surface area (Å²) < 4.78 is 7.23. The highest BCUT2D eigenvalue weighted by molar-refractivity contribution is 5.07. The van der Waals surface area contributed by atoms with E-state index in [1.165, 1.54) is 0 Å². The number of hydrogen-bond donors (Lipinski definition) is 1. The second-order valence-corrected chi connectivity index (χ2v) is 3.54. The molecule has 0 atom stereocenters. The van der Waals surface area contributed by atoms with E-state index >= 15 is 0 Å². The van der Waals surface area contributed by atoms with Crippen LogP contribution < -0.4 is 5.73 Å². The summed E-state index contributed by atoms with van der Waals surface area (Å²) >= 11 is 0. The Morgan fingerprint density at radius 3 is 2.93 bits per heavy atom. The van der Waals surface area contributed by atoms with E-state index in [4.69, 9.17) is 10.2 Å². The van der Waals surface area contributed by atoms with Crippen molar-refractivity contribution in [1.82, 2.24) is 9.55 Å². The highest BCUT2D eigenvalue weighted by Gasteiger charge is 2.04. The van der Waals surface area contributed by atoms with Crippen LogP contribution in [0.5, 0.6) is 0 Å². The Labute approximate surface area is 88.7 Å². The van der Waals surface area contributed by atoms with Crippen molar-refractivity contribution >= 4 is 0 Å². The van der Waals surface area contributed by atoms with Gasteiger partial charge in [0.05, 0.1) is 18.5 Å². The molecule has 0 radical (unpaired) electrons. The molecule has 0 fully saturated rings. The molecule has 0 saturated carbocycles. The third kappa shape index (κ3) is 2.27. The fourth-order valence-electron chi connectivity index (χ4n) is 1.59. The SMILES string of the molecule is Cn1cc(CCc2ccco2)nc1CN. The summed E-state index contributed by atoms with van der Waals surface area (Å²) in [4.78, 5) is 4.42. The quantitative estimate of drug-likeness (QED) is 0.817. The van der Waals surface area contributed by atoms with Gasteiger partial charge in [-0.1, -0.05) is 0 Å². The fourth-order valence-corrected chi connectivity index (χ4v) is 1.59. The molecule has 0 aliphatic rings. The first-order valence-electron chi connectivity index (χ1n) is 5.03. The van der Waals surface area contributed by atoms with Gasteiger partial charge >= 0.3 is 0 Å². The number of nitrogens with zero attached hydrogens (tertiary/aromatic N) is 2. The van der Waals surface area contributed by atoms with Gasteiger partial charge < -0.3 is 14.7 Å². The van der Waals surface area contributed by atoms with Crippen LogP contribution in [0.1, 0.15) is 17.3 Å². The van der Waals surface area contributed by atoms with E-state index in [9.17, 15) is 0 Å². The van der Waals surface area contributed by atoms with Crippen molar-refractivity contribution in [2.45, 2.75) is 19.4 Å². The molecule has 0 spiro atoms. The van der Waals surface area contributed by atoms with Crippen molar-refractivity contribution in [3.63, 3.8) is 0 Å². The van der Waals surface area contributed by atoms with Crippen LogP contribution in [0.25, 0.3) is 0 Å². The monoisotopic (exact) mass is 205 g/mol. The van der Waals surface area contributed by atoms with Gasteiger partial charge in [-0.2, -0.15) is 0 Å². The minimum absolute atomic E-state index is 0.483. The van der Waals surface area contributed by atoms with Gasteiger partial charge in [-0.05, 0) is 18.6 Å². The van der Waals surface area contributed by atoms with Gasteiger partial charge in [0.25, 0.3) is 0 Å². The molecule has 2 rings (SSSR count). The largest absolute Gasteiger partial charge is 0.469 e. The summed E-state index contributed by atoms with van der Waals surface area (Å²) in [5, 5.41) is 0. The normalized spacial score (nSPS) is 10.8. The molecule has 0 unspecified atom stereocenters. The second kappa shape index (κ2) is 4.31. The van der Waals surface area contributed by atoms with Crippen LogP contribution in [0.4, 0.5) is 0 Å². The molecular formula is C11H15N3O. The number of hydrogen-bond acceptors (Lipinski definition) is 3. The maximum atomic E-state index is 5.55. The molecule has 4 heteroatoms. The molecule has 0 aliphatic heterocycles. The number of furan rings is 1. The predicted octanol–water partition coefficient (Wildman–Crippen LogP) is 1.26. The van der Waals surface area contributed by atoms with Crippen molar-refractivity contribution in [3.8, 4) is 0 Å². The first kappa shape index (κ1) is 9.98. The van der Waals surface area contributed by atoms with E-state index in [-0.39, 0.29) is 0 Å². The van der Waals surface area contributed by atoms with Crippen molar-refractivity contribution in [2.75, 3.05) is 0 Å². The number of aryl methyl sites for hydroxylation is 3. The number of imidazole rings is 1. The lowest BCUT2D eigenvalue weighted by Crippen LogP contribution is -2.03. The van der Waals surface area contributed by atoms with Crippen molar-refractivity contribution < 1.29 is 4.42 Å². The average molecular weight is 205 g/mol. The third-order valence-corrected chi connectivity index (χ3v) is 2.41. The molecule has 0 aliphatic carbocycles. The molecule has 2 aromatic heterocycles. The Morgan fingerprint density at radius 2 is 2.33 bits per heavy atom. The summed E-state index contributed by atoms with van der Waals surface area (Å²) in [6.07, 6.45) is 5.49. The standard InChI is InChI=1S/C11H15N3O/c1-14-8-9(13-11(14)7-12)4-5-10-3-2-6-15-10/h2-3,6,8H,4-5,7,12H2,1H3. The van der Waals surface area contributed by atoms with Crippen LogP contribution in [0.15, 0.2) is 29.0 Å². The Balaban J connectivity index is 1.99. The van der Waals surface area contributed by atoms with Gasteiger partial charge in [0.1, 0.15) is 11.6 Å². The van der Waals surface area contributed by atoms with Gasteiger partial charge in [-0.15, -0.1) is 0 Å². The van der Waals surface area contributed by atoms with Gasteiger partial charge in [0.2, 0.25) is 0 Å². The zero-order chi connectivity index (χ0) is 10.7. The molecular weight excluding hydrogens is 190 g/mol. The Hall–Kier alpha value is -1.55. The highest BCUT2D eigenvalue weighted by atomic mass is 16.3. The molecule has 0 bridgehead atoms. The van der Waals surface area contributed by atoms with Crippen LogP contribution in [-0.4, -0.2) is 9.55 Å². The van der Waals surface area contributed by atoms with Crippen molar-refractivity contribution in [1.29, 1.82) is 0 Å². The van der Waals surface area contributed by atoms with Crippen LogP contribution in [0.3, 0.4) is 0 Å². The predicted molar refractivity (Wildman–Crippen MR) is 57.2 cm³/mol. The lowest BCUT2D eigenvalue weighted by molar-refractivity contribution is 0.507. The Morgan fingerprint density at radius 1 is 1.47 bits per heavy atom. The lowest BCUT2D eigenvalue weighted by Gasteiger charge is -1.93. The summed E-state index contributed by atoms with van der Waals surface area (Å²) in [6, 6.07) is 3.88. The molecule has 15 heavy (non-hydrogen) atoms. The zero-order valence-electron chi connectivity index (χ0n) is 8.81. The lowest BCUT2D eigenvalue weighted by atomic mass is 10.2. The summed E-state index contributed by atoms with van der Waals surface area (Å²) in [5.41, 5.74) is 6.62. The average Bonchev–Trinajstić information content (AvgIpc) is 2.83. The molecule has 80 valence electrons. The van der Waals surface area contributed by atoms with E-state index in [0.717, 1.165) is 30.1 Å². The summed E-state index contributed by atoms with van der Waals surface area (Å²) in [7, 11) is 1.96. The molecule has 0 amide bonds. The fraction of sp³-hybridized carbons (Fsp3) is 0.364. The van der Waals surface area contributed by atoms with Gasteiger partial charge in [-0.25, -0.2) is 4.98 Å². The summed E-state index contributed by atoms with van der Waals surface area (Å²) in [6.45, 7) is 0.483. The smallest absolute Gasteiger partial charge is 0.122 e. The van der Waals surface area contributed by atoms with Crippen molar-refractivity contribution in [2.24, 2.45) is 12.8 Å². The second-order valence-electron chi connectivity index (χ2n) is 3.54. The number of rotatable bonds is 4. The van der Waals surface area contributed by atoms with E-state index in [0.29, 0.717) is 6.54 Å². The van der Waals surface area contributed by atoms with Gasteiger partial charge in [-0.3, -0.25) is 0 Å². The maximum Gasteiger partial charge on any atom is 0.122 e. The Bertz CT molecular complexity index is 417. The van der Waals surface area contributed by atoms with Crippen LogP contribution >= 0.6 is 0 Å². The van der Waals surface area contributed by atoms with Crippen LogP contribution in [-0.2, 0) is 26.4 Å². The molecule has 2 aromatic rings. The highest BCUT2D eigenvalue weighted by Crippen LogP contribution is 2.07. The van der Waals surface area contributed by atoms with Gasteiger partial charge in [0.15, 0.2) is 0 Å². The molecule has 4 nitrogen and oxygen atoms in total. The minimum Gasteiger partial charge on any atom is -0.469 e. The third-order valence-electron chi connectivity index (χ3n) is 2.41. The van der Waals surface area contributed by atoms with Crippen molar-refractivity contribution in [3.05, 3.63) is 41.9 Å². The van der Waals surface area contributed by atoms with Gasteiger partial charge in [0, 0.05) is 19.7 Å². The first-order valence-corrected chi connectivity index (χ1v) is 5.03. The van der Waals surface area contributed by atoms with E-state index in [1.807, 2.05) is 29.9 Å². The summed E-state index contributed by atoms with van der Waals surface area (Å²) in [5.74, 6) is 1.92. The molecule has 0 aromatic carbocycles.